The molecule has 0 aliphatic heterocycles. The monoisotopic (exact) mass is 229 g/mol. The molecule has 2 N–H and O–H groups in total. The van der Waals surface area contributed by atoms with Gasteiger partial charge in [0.05, 0.1) is 5.69 Å². The molecular formula is C14H19N3. The summed E-state index contributed by atoms with van der Waals surface area (Å²) in [4.78, 5) is 4.66. The number of nitrogen functional groups attached to an aromatic ring is 1. The van der Waals surface area contributed by atoms with Crippen molar-refractivity contribution in [2.24, 2.45) is 13.0 Å². The Hall–Kier alpha value is -1.77. The van der Waals surface area contributed by atoms with Crippen molar-refractivity contribution in [1.82, 2.24) is 9.55 Å². The number of aromatic nitrogens is 2. The van der Waals surface area contributed by atoms with E-state index in [9.17, 15) is 0 Å². The van der Waals surface area contributed by atoms with Crippen LogP contribution in [0.5, 0.6) is 0 Å². The van der Waals surface area contributed by atoms with Crippen LogP contribution in [0, 0.1) is 5.92 Å². The number of nitrogens with zero attached hydrogens (tertiary/aromatic N) is 2. The predicted molar refractivity (Wildman–Crippen MR) is 71.6 cm³/mol. The van der Waals surface area contributed by atoms with Gasteiger partial charge in [0.25, 0.3) is 0 Å². The molecule has 2 rings (SSSR count). The van der Waals surface area contributed by atoms with Gasteiger partial charge in [-0.25, -0.2) is 4.98 Å². The van der Waals surface area contributed by atoms with E-state index in [4.69, 9.17) is 5.73 Å². The summed E-state index contributed by atoms with van der Waals surface area (Å²) in [5.41, 5.74) is 8.20. The van der Waals surface area contributed by atoms with Crippen LogP contribution in [0.2, 0.25) is 0 Å². The maximum Gasteiger partial charge on any atom is 0.141 e. The van der Waals surface area contributed by atoms with Crippen LogP contribution in [0.1, 0.15) is 19.5 Å². The summed E-state index contributed by atoms with van der Waals surface area (Å²) in [5.74, 6) is 2.28. The second-order valence-electron chi connectivity index (χ2n) is 4.79. The molecule has 17 heavy (non-hydrogen) atoms. The molecule has 0 fully saturated rings. The molecule has 3 nitrogen and oxygen atoms in total. The Kier molecular flexibility index (Phi) is 3.18. The maximum atomic E-state index is 6.09. The van der Waals surface area contributed by atoms with Gasteiger partial charge in [0, 0.05) is 12.6 Å². The molecule has 0 radical (unpaired) electrons. The fourth-order valence-electron chi connectivity index (χ4n) is 1.95. The molecule has 2 aromatic rings. The second-order valence-corrected chi connectivity index (χ2v) is 4.79. The number of rotatable bonds is 3. The van der Waals surface area contributed by atoms with Gasteiger partial charge >= 0.3 is 0 Å². The molecule has 0 atom stereocenters. The third-order valence-electron chi connectivity index (χ3n) is 2.85. The summed E-state index contributed by atoms with van der Waals surface area (Å²) >= 11 is 0. The van der Waals surface area contributed by atoms with E-state index in [0.717, 1.165) is 29.3 Å². The lowest BCUT2D eigenvalue weighted by atomic mass is 10.1. The molecule has 0 spiro atoms. The van der Waals surface area contributed by atoms with Crippen molar-refractivity contribution in [2.45, 2.75) is 20.3 Å². The summed E-state index contributed by atoms with van der Waals surface area (Å²) in [6.45, 7) is 4.35. The number of imidazole rings is 1. The lowest BCUT2D eigenvalue weighted by Gasteiger charge is -2.03. The Morgan fingerprint density at radius 2 is 1.88 bits per heavy atom. The lowest BCUT2D eigenvalue weighted by Crippen LogP contribution is -2.02. The van der Waals surface area contributed by atoms with Crippen molar-refractivity contribution in [2.75, 3.05) is 5.73 Å². The van der Waals surface area contributed by atoms with Crippen LogP contribution in [0.3, 0.4) is 0 Å². The first-order valence-electron chi connectivity index (χ1n) is 5.96. The van der Waals surface area contributed by atoms with Crippen molar-refractivity contribution in [3.8, 4) is 11.4 Å². The Balaban J connectivity index is 2.43. The summed E-state index contributed by atoms with van der Waals surface area (Å²) in [7, 11) is 1.97. The van der Waals surface area contributed by atoms with Crippen molar-refractivity contribution in [3.05, 3.63) is 36.0 Å². The maximum absolute atomic E-state index is 6.09. The Morgan fingerprint density at radius 1 is 1.24 bits per heavy atom. The molecule has 0 saturated heterocycles. The second kappa shape index (κ2) is 4.62. The van der Waals surface area contributed by atoms with Crippen LogP contribution >= 0.6 is 0 Å². The van der Waals surface area contributed by atoms with Crippen LogP contribution < -0.4 is 5.73 Å². The SMILES string of the molecule is CC(C)Cc1nc(-c2ccccc2)n(C)c1N. The van der Waals surface area contributed by atoms with Gasteiger partial charge in [-0.2, -0.15) is 0 Å². The Morgan fingerprint density at radius 3 is 2.47 bits per heavy atom. The summed E-state index contributed by atoms with van der Waals surface area (Å²) in [5, 5.41) is 0. The van der Waals surface area contributed by atoms with E-state index in [1.54, 1.807) is 0 Å². The summed E-state index contributed by atoms with van der Waals surface area (Å²) in [6, 6.07) is 10.2. The van der Waals surface area contributed by atoms with Gasteiger partial charge < -0.3 is 10.3 Å². The molecule has 0 aliphatic rings. The van der Waals surface area contributed by atoms with Crippen molar-refractivity contribution >= 4 is 5.82 Å². The fraction of sp³-hybridized carbons (Fsp3) is 0.357. The molecule has 0 saturated carbocycles. The van der Waals surface area contributed by atoms with E-state index in [2.05, 4.69) is 31.0 Å². The average Bonchev–Trinajstić information content (AvgIpc) is 2.58. The smallest absolute Gasteiger partial charge is 0.141 e. The lowest BCUT2D eigenvalue weighted by molar-refractivity contribution is 0.638. The van der Waals surface area contributed by atoms with Crippen molar-refractivity contribution in [3.63, 3.8) is 0 Å². The quantitative estimate of drug-likeness (QED) is 0.879. The number of hydrogen-bond acceptors (Lipinski definition) is 2. The largest absolute Gasteiger partial charge is 0.384 e. The van der Waals surface area contributed by atoms with Gasteiger partial charge in [0.1, 0.15) is 11.6 Å². The van der Waals surface area contributed by atoms with Crippen LogP contribution in [-0.2, 0) is 13.5 Å². The highest BCUT2D eigenvalue weighted by atomic mass is 15.1. The van der Waals surface area contributed by atoms with Gasteiger partial charge in [-0.3, -0.25) is 0 Å². The van der Waals surface area contributed by atoms with Crippen LogP contribution in [0.4, 0.5) is 5.82 Å². The zero-order valence-corrected chi connectivity index (χ0v) is 10.6. The highest BCUT2D eigenvalue weighted by Gasteiger charge is 2.13. The van der Waals surface area contributed by atoms with E-state index >= 15 is 0 Å². The first-order chi connectivity index (χ1) is 8.09. The van der Waals surface area contributed by atoms with Gasteiger partial charge in [0.15, 0.2) is 0 Å². The highest BCUT2D eigenvalue weighted by molar-refractivity contribution is 5.60. The third-order valence-corrected chi connectivity index (χ3v) is 2.85. The Labute approximate surface area is 102 Å². The number of benzene rings is 1. The highest BCUT2D eigenvalue weighted by Crippen LogP contribution is 2.24. The summed E-state index contributed by atoms with van der Waals surface area (Å²) in [6.07, 6.45) is 0.923. The van der Waals surface area contributed by atoms with Gasteiger partial charge in [-0.1, -0.05) is 44.2 Å². The van der Waals surface area contributed by atoms with E-state index < -0.39 is 0 Å². The zero-order valence-electron chi connectivity index (χ0n) is 10.6. The number of nitrogens with two attached hydrogens (primary N) is 1. The normalized spacial score (nSPS) is 11.1. The van der Waals surface area contributed by atoms with Crippen molar-refractivity contribution < 1.29 is 0 Å². The molecule has 0 aliphatic carbocycles. The van der Waals surface area contributed by atoms with Crippen LogP contribution in [0.15, 0.2) is 30.3 Å². The molecule has 0 bridgehead atoms. The van der Waals surface area contributed by atoms with E-state index in [0.29, 0.717) is 5.92 Å². The average molecular weight is 229 g/mol. The predicted octanol–water partition coefficient (Wildman–Crippen LogP) is 2.87. The zero-order chi connectivity index (χ0) is 12.4. The molecule has 0 unspecified atom stereocenters. The minimum atomic E-state index is 0.566. The topological polar surface area (TPSA) is 43.8 Å². The van der Waals surface area contributed by atoms with Gasteiger partial charge in [-0.05, 0) is 12.3 Å². The van der Waals surface area contributed by atoms with Gasteiger partial charge in [0.2, 0.25) is 0 Å². The van der Waals surface area contributed by atoms with E-state index in [1.807, 2.05) is 29.8 Å². The van der Waals surface area contributed by atoms with Gasteiger partial charge in [-0.15, -0.1) is 0 Å². The molecular weight excluding hydrogens is 210 g/mol. The number of anilines is 1. The molecule has 90 valence electrons. The summed E-state index contributed by atoms with van der Waals surface area (Å²) < 4.78 is 1.97. The standard InChI is InChI=1S/C14H19N3/c1-10(2)9-12-13(15)17(3)14(16-12)11-7-5-4-6-8-11/h4-8,10H,9,15H2,1-3H3. The molecule has 1 heterocycles. The molecule has 1 aromatic carbocycles. The van der Waals surface area contributed by atoms with Crippen LogP contribution in [-0.4, -0.2) is 9.55 Å². The first-order valence-corrected chi connectivity index (χ1v) is 5.96. The minimum absolute atomic E-state index is 0.566. The fourth-order valence-corrected chi connectivity index (χ4v) is 1.95. The van der Waals surface area contributed by atoms with E-state index in [1.165, 1.54) is 0 Å². The minimum Gasteiger partial charge on any atom is -0.384 e. The third kappa shape index (κ3) is 2.33. The first kappa shape index (κ1) is 11.7. The van der Waals surface area contributed by atoms with E-state index in [-0.39, 0.29) is 0 Å². The van der Waals surface area contributed by atoms with Crippen molar-refractivity contribution in [1.29, 1.82) is 0 Å². The molecule has 1 aromatic heterocycles. The molecule has 3 heteroatoms. The van der Waals surface area contributed by atoms with Crippen LogP contribution in [0.25, 0.3) is 11.4 Å². The number of hydrogen-bond donors (Lipinski definition) is 1. The Bertz CT molecular complexity index is 498. The molecule has 0 amide bonds.